The Morgan fingerprint density at radius 3 is 2.95 bits per heavy atom. The third-order valence-electron chi connectivity index (χ3n) is 3.48. The number of nitrogens with zero attached hydrogens (tertiary/aromatic N) is 1. The van der Waals surface area contributed by atoms with E-state index in [1.54, 1.807) is 18.4 Å². The van der Waals surface area contributed by atoms with Crippen molar-refractivity contribution in [2.45, 2.75) is 25.3 Å². The van der Waals surface area contributed by atoms with E-state index in [2.05, 4.69) is 39.4 Å². The van der Waals surface area contributed by atoms with Gasteiger partial charge in [0.15, 0.2) is 15.8 Å². The molecule has 0 bridgehead atoms. The summed E-state index contributed by atoms with van der Waals surface area (Å²) in [5, 5.41) is 10.7. The van der Waals surface area contributed by atoms with Crippen molar-refractivity contribution < 1.29 is 8.42 Å². The highest BCUT2D eigenvalue weighted by molar-refractivity contribution is 7.91. The number of rotatable bonds is 4. The van der Waals surface area contributed by atoms with E-state index in [0.29, 0.717) is 18.3 Å². The third-order valence-corrected chi connectivity index (χ3v) is 5.95. The van der Waals surface area contributed by atoms with Gasteiger partial charge in [-0.1, -0.05) is 6.92 Å². The summed E-state index contributed by atoms with van der Waals surface area (Å²) in [6.45, 7) is 2.93. The maximum atomic E-state index is 11.4. The molecule has 1 aliphatic heterocycles. The van der Waals surface area contributed by atoms with Crippen molar-refractivity contribution >= 4 is 27.1 Å². The molecule has 2 atom stereocenters. The third kappa shape index (κ3) is 4.21. The summed E-state index contributed by atoms with van der Waals surface area (Å²) in [4.78, 5) is 4.15. The average Bonchev–Trinajstić information content (AvgIpc) is 3.03. The van der Waals surface area contributed by atoms with Gasteiger partial charge in [-0.2, -0.15) is 11.3 Å². The number of aliphatic imine (C=N–C) groups is 1. The molecule has 5 nitrogen and oxygen atoms in total. The molecular formula is C13H21N3O2S2. The molecule has 20 heavy (non-hydrogen) atoms. The van der Waals surface area contributed by atoms with Crippen LogP contribution in [0.3, 0.4) is 0 Å². The van der Waals surface area contributed by atoms with Crippen molar-refractivity contribution in [1.29, 1.82) is 0 Å². The lowest BCUT2D eigenvalue weighted by molar-refractivity contribution is 0.599. The molecule has 0 saturated carbocycles. The fourth-order valence-corrected chi connectivity index (χ4v) is 4.68. The van der Waals surface area contributed by atoms with Crippen LogP contribution in [-0.4, -0.2) is 45.5 Å². The van der Waals surface area contributed by atoms with Crippen molar-refractivity contribution in [1.82, 2.24) is 10.6 Å². The predicted molar refractivity (Wildman–Crippen MR) is 84.3 cm³/mol. The van der Waals surface area contributed by atoms with Crippen LogP contribution in [-0.2, 0) is 9.84 Å². The Kier molecular flexibility index (Phi) is 5.04. The van der Waals surface area contributed by atoms with E-state index in [1.165, 1.54) is 5.56 Å². The summed E-state index contributed by atoms with van der Waals surface area (Å²) in [6, 6.07) is 2.10. The Labute approximate surface area is 124 Å². The highest BCUT2D eigenvalue weighted by Crippen LogP contribution is 2.17. The molecule has 2 unspecified atom stereocenters. The van der Waals surface area contributed by atoms with Gasteiger partial charge in [-0.05, 0) is 34.7 Å². The summed E-state index contributed by atoms with van der Waals surface area (Å²) in [6.07, 6.45) is 0.656. The lowest BCUT2D eigenvalue weighted by Gasteiger charge is -2.18. The van der Waals surface area contributed by atoms with E-state index in [-0.39, 0.29) is 17.5 Å². The van der Waals surface area contributed by atoms with Gasteiger partial charge in [0.2, 0.25) is 0 Å². The molecule has 1 aliphatic rings. The number of guanidine groups is 1. The Morgan fingerprint density at radius 2 is 2.40 bits per heavy atom. The molecule has 0 radical (unpaired) electrons. The normalized spacial score (nSPS) is 23.5. The summed E-state index contributed by atoms with van der Waals surface area (Å²) in [5.74, 6) is 1.54. The first kappa shape index (κ1) is 15.3. The van der Waals surface area contributed by atoms with E-state index < -0.39 is 9.84 Å². The highest BCUT2D eigenvalue weighted by atomic mass is 32.2. The Balaban J connectivity index is 1.82. The molecule has 1 aromatic heterocycles. The number of hydrogen-bond donors (Lipinski definition) is 2. The predicted octanol–water partition coefficient (Wildman–Crippen LogP) is 1.20. The van der Waals surface area contributed by atoms with Crippen LogP contribution in [0.5, 0.6) is 0 Å². The maximum absolute atomic E-state index is 11.4. The summed E-state index contributed by atoms with van der Waals surface area (Å²) in [5.41, 5.74) is 1.31. The minimum atomic E-state index is -2.86. The molecule has 0 amide bonds. The van der Waals surface area contributed by atoms with E-state index in [1.807, 2.05) is 0 Å². The van der Waals surface area contributed by atoms with Crippen LogP contribution in [0.15, 0.2) is 21.8 Å². The zero-order valence-electron chi connectivity index (χ0n) is 11.8. The quantitative estimate of drug-likeness (QED) is 0.647. The fraction of sp³-hybridized carbons (Fsp3) is 0.615. The van der Waals surface area contributed by atoms with Gasteiger partial charge in [0.1, 0.15) is 0 Å². The molecule has 1 fully saturated rings. The molecule has 0 spiro atoms. The van der Waals surface area contributed by atoms with Crippen molar-refractivity contribution in [3.8, 4) is 0 Å². The van der Waals surface area contributed by atoms with Crippen molar-refractivity contribution in [2.24, 2.45) is 4.99 Å². The van der Waals surface area contributed by atoms with Crippen molar-refractivity contribution in [3.63, 3.8) is 0 Å². The lowest BCUT2D eigenvalue weighted by Crippen LogP contribution is -2.44. The fourth-order valence-electron chi connectivity index (χ4n) is 2.22. The Morgan fingerprint density at radius 1 is 1.60 bits per heavy atom. The van der Waals surface area contributed by atoms with E-state index >= 15 is 0 Å². The molecule has 0 aliphatic carbocycles. The van der Waals surface area contributed by atoms with Crippen LogP contribution in [0.25, 0.3) is 0 Å². The van der Waals surface area contributed by atoms with Gasteiger partial charge in [0, 0.05) is 19.6 Å². The minimum Gasteiger partial charge on any atom is -0.356 e. The maximum Gasteiger partial charge on any atom is 0.191 e. The zero-order chi connectivity index (χ0) is 14.6. The SMILES string of the molecule is CN=C(NCC(C)c1ccsc1)NC1CCS(=O)(=O)C1. The number of hydrogen-bond acceptors (Lipinski definition) is 4. The topological polar surface area (TPSA) is 70.6 Å². The van der Waals surface area contributed by atoms with Crippen molar-refractivity contribution in [2.75, 3.05) is 25.1 Å². The summed E-state index contributed by atoms with van der Waals surface area (Å²) >= 11 is 1.69. The average molecular weight is 315 g/mol. The van der Waals surface area contributed by atoms with Gasteiger partial charge in [-0.25, -0.2) is 8.42 Å². The molecule has 1 aromatic rings. The van der Waals surface area contributed by atoms with Crippen molar-refractivity contribution in [3.05, 3.63) is 22.4 Å². The molecule has 7 heteroatoms. The molecular weight excluding hydrogens is 294 g/mol. The summed E-state index contributed by atoms with van der Waals surface area (Å²) in [7, 11) is -1.16. The highest BCUT2D eigenvalue weighted by Gasteiger charge is 2.28. The second-order valence-corrected chi connectivity index (χ2v) is 8.16. The number of nitrogens with one attached hydrogen (secondary N) is 2. The largest absolute Gasteiger partial charge is 0.356 e. The molecule has 1 saturated heterocycles. The first-order valence-corrected chi connectivity index (χ1v) is 9.46. The molecule has 2 heterocycles. The molecule has 112 valence electrons. The standard InChI is InChI=1S/C13H21N3O2S2/c1-10(11-3-5-19-8-11)7-15-13(14-2)16-12-4-6-20(17,18)9-12/h3,5,8,10,12H,4,6-7,9H2,1-2H3,(H2,14,15,16). The molecule has 0 aromatic carbocycles. The molecule has 2 N–H and O–H groups in total. The van der Waals surface area contributed by atoms with Crippen LogP contribution in [0.2, 0.25) is 0 Å². The smallest absolute Gasteiger partial charge is 0.191 e. The van der Waals surface area contributed by atoms with Crippen LogP contribution in [0.4, 0.5) is 0 Å². The first-order valence-electron chi connectivity index (χ1n) is 6.70. The van der Waals surface area contributed by atoms with Gasteiger partial charge in [0.05, 0.1) is 11.5 Å². The van der Waals surface area contributed by atoms with Crippen LogP contribution in [0.1, 0.15) is 24.8 Å². The second-order valence-electron chi connectivity index (χ2n) is 5.16. The van der Waals surface area contributed by atoms with E-state index in [4.69, 9.17) is 0 Å². The van der Waals surface area contributed by atoms with Crippen LogP contribution >= 0.6 is 11.3 Å². The monoisotopic (exact) mass is 315 g/mol. The number of sulfone groups is 1. The van der Waals surface area contributed by atoms with Crippen LogP contribution < -0.4 is 10.6 Å². The van der Waals surface area contributed by atoms with Gasteiger partial charge in [-0.15, -0.1) is 0 Å². The van der Waals surface area contributed by atoms with Gasteiger partial charge >= 0.3 is 0 Å². The van der Waals surface area contributed by atoms with Gasteiger partial charge in [-0.3, -0.25) is 4.99 Å². The lowest BCUT2D eigenvalue weighted by atomic mass is 10.1. The first-order chi connectivity index (χ1) is 9.50. The minimum absolute atomic E-state index is 0.0253. The van der Waals surface area contributed by atoms with Gasteiger partial charge in [0.25, 0.3) is 0 Å². The van der Waals surface area contributed by atoms with Gasteiger partial charge < -0.3 is 10.6 Å². The Hall–Kier alpha value is -1.08. The number of thiophene rings is 1. The molecule has 2 rings (SSSR count). The summed E-state index contributed by atoms with van der Waals surface area (Å²) < 4.78 is 22.9. The Bertz CT molecular complexity index is 552. The zero-order valence-corrected chi connectivity index (χ0v) is 13.4. The van der Waals surface area contributed by atoms with Crippen LogP contribution in [0, 0.1) is 0 Å². The second kappa shape index (κ2) is 6.58. The van der Waals surface area contributed by atoms with E-state index in [9.17, 15) is 8.42 Å². The van der Waals surface area contributed by atoms with E-state index in [0.717, 1.165) is 6.54 Å².